The van der Waals surface area contributed by atoms with Gasteiger partial charge in [0.05, 0.1) is 11.6 Å². The normalized spacial score (nSPS) is 12.1. The first kappa shape index (κ1) is 14.3. The topological polar surface area (TPSA) is 35.5 Å². The first-order valence-corrected chi connectivity index (χ1v) is 6.41. The second-order valence-corrected chi connectivity index (χ2v) is 4.87. The van der Waals surface area contributed by atoms with Gasteiger partial charge in [-0.25, -0.2) is 4.79 Å². The summed E-state index contributed by atoms with van der Waals surface area (Å²) in [5.74, 6) is 0.112. The van der Waals surface area contributed by atoms with E-state index in [1.807, 2.05) is 13.0 Å². The molecule has 1 rings (SSSR count). The molecule has 0 heterocycles. The number of ether oxygens (including phenoxy) is 2. The Morgan fingerprint density at radius 1 is 1.53 bits per heavy atom. The summed E-state index contributed by atoms with van der Waals surface area (Å²) in [6.45, 7) is 5.59. The van der Waals surface area contributed by atoms with Gasteiger partial charge in [-0.2, -0.15) is 0 Å². The SMILES string of the molecule is CCOC(=O)C(C)Oc1c(C)cc(Br)cc1Cl. The van der Waals surface area contributed by atoms with E-state index in [0.29, 0.717) is 17.4 Å². The third-order valence-electron chi connectivity index (χ3n) is 2.11. The molecule has 0 amide bonds. The molecule has 0 saturated carbocycles. The lowest BCUT2D eigenvalue weighted by molar-refractivity contribution is -0.150. The van der Waals surface area contributed by atoms with Crippen LogP contribution in [0.1, 0.15) is 19.4 Å². The highest BCUT2D eigenvalue weighted by Crippen LogP contribution is 2.32. The zero-order valence-corrected chi connectivity index (χ0v) is 12.3. The molecule has 1 unspecified atom stereocenters. The van der Waals surface area contributed by atoms with Crippen LogP contribution in [0.25, 0.3) is 0 Å². The first-order chi connectivity index (χ1) is 7.95. The van der Waals surface area contributed by atoms with Crippen LogP contribution >= 0.6 is 27.5 Å². The van der Waals surface area contributed by atoms with Crippen molar-refractivity contribution in [2.45, 2.75) is 26.9 Å². The molecule has 0 aliphatic rings. The standard InChI is InChI=1S/C12H14BrClO3/c1-4-16-12(15)8(3)17-11-7(2)5-9(13)6-10(11)14/h5-6,8H,4H2,1-3H3. The molecule has 0 fully saturated rings. The molecule has 0 spiro atoms. The quantitative estimate of drug-likeness (QED) is 0.793. The van der Waals surface area contributed by atoms with Crippen LogP contribution in [0.3, 0.4) is 0 Å². The predicted octanol–water partition coefficient (Wildman–Crippen LogP) is 3.74. The molecule has 0 aliphatic heterocycles. The number of hydrogen-bond acceptors (Lipinski definition) is 3. The molecule has 5 heteroatoms. The average Bonchev–Trinajstić information content (AvgIpc) is 2.23. The van der Waals surface area contributed by atoms with Crippen molar-refractivity contribution in [3.05, 3.63) is 27.2 Å². The second-order valence-electron chi connectivity index (χ2n) is 3.55. The summed E-state index contributed by atoms with van der Waals surface area (Å²) in [6.07, 6.45) is -0.674. The average molecular weight is 322 g/mol. The fourth-order valence-electron chi connectivity index (χ4n) is 1.32. The molecule has 0 aromatic heterocycles. The van der Waals surface area contributed by atoms with Crippen LogP contribution in [-0.4, -0.2) is 18.7 Å². The molecule has 1 atom stereocenters. The third-order valence-corrected chi connectivity index (χ3v) is 2.85. The van der Waals surface area contributed by atoms with Crippen LogP contribution in [0.4, 0.5) is 0 Å². The second kappa shape index (κ2) is 6.26. The van der Waals surface area contributed by atoms with E-state index >= 15 is 0 Å². The van der Waals surface area contributed by atoms with E-state index in [0.717, 1.165) is 10.0 Å². The Kier molecular flexibility index (Phi) is 5.28. The van der Waals surface area contributed by atoms with Crippen LogP contribution in [0.15, 0.2) is 16.6 Å². The van der Waals surface area contributed by atoms with Crippen molar-refractivity contribution in [3.63, 3.8) is 0 Å². The van der Waals surface area contributed by atoms with E-state index in [1.165, 1.54) is 0 Å². The van der Waals surface area contributed by atoms with Crippen molar-refractivity contribution >= 4 is 33.5 Å². The van der Waals surface area contributed by atoms with Crippen LogP contribution < -0.4 is 4.74 Å². The number of carbonyl (C=O) groups excluding carboxylic acids is 1. The molecular weight excluding hydrogens is 307 g/mol. The monoisotopic (exact) mass is 320 g/mol. The lowest BCUT2D eigenvalue weighted by Crippen LogP contribution is -2.26. The zero-order valence-electron chi connectivity index (χ0n) is 9.92. The highest BCUT2D eigenvalue weighted by Gasteiger charge is 2.18. The van der Waals surface area contributed by atoms with Gasteiger partial charge in [-0.05, 0) is 38.5 Å². The van der Waals surface area contributed by atoms with Crippen LogP contribution in [0.5, 0.6) is 5.75 Å². The number of aryl methyl sites for hydroxylation is 1. The van der Waals surface area contributed by atoms with Crippen molar-refractivity contribution in [2.75, 3.05) is 6.61 Å². The summed E-state index contributed by atoms with van der Waals surface area (Å²) >= 11 is 9.39. The van der Waals surface area contributed by atoms with Gasteiger partial charge < -0.3 is 9.47 Å². The molecule has 3 nitrogen and oxygen atoms in total. The molecular formula is C12H14BrClO3. The van der Waals surface area contributed by atoms with Crippen LogP contribution in [-0.2, 0) is 9.53 Å². The van der Waals surface area contributed by atoms with Gasteiger partial charge in [0.2, 0.25) is 0 Å². The number of hydrogen-bond donors (Lipinski definition) is 0. The van der Waals surface area contributed by atoms with Crippen molar-refractivity contribution in [1.29, 1.82) is 0 Å². The maximum Gasteiger partial charge on any atom is 0.347 e. The summed E-state index contributed by atoms with van der Waals surface area (Å²) in [5, 5.41) is 0.466. The number of rotatable bonds is 4. The van der Waals surface area contributed by atoms with E-state index in [2.05, 4.69) is 15.9 Å². The van der Waals surface area contributed by atoms with E-state index < -0.39 is 12.1 Å². The Morgan fingerprint density at radius 2 is 2.18 bits per heavy atom. The molecule has 0 saturated heterocycles. The minimum atomic E-state index is -0.674. The molecule has 17 heavy (non-hydrogen) atoms. The highest BCUT2D eigenvalue weighted by molar-refractivity contribution is 9.10. The van der Waals surface area contributed by atoms with E-state index in [4.69, 9.17) is 21.1 Å². The highest BCUT2D eigenvalue weighted by atomic mass is 79.9. The molecule has 0 radical (unpaired) electrons. The van der Waals surface area contributed by atoms with E-state index in [-0.39, 0.29) is 0 Å². The Bertz CT molecular complexity index is 397. The third kappa shape index (κ3) is 3.89. The molecule has 0 aliphatic carbocycles. The van der Waals surface area contributed by atoms with Gasteiger partial charge in [-0.15, -0.1) is 0 Å². The number of halogens is 2. The Morgan fingerprint density at radius 3 is 2.71 bits per heavy atom. The Balaban J connectivity index is 2.85. The van der Waals surface area contributed by atoms with Crippen molar-refractivity contribution in [2.24, 2.45) is 0 Å². The fourth-order valence-corrected chi connectivity index (χ4v) is 2.34. The van der Waals surface area contributed by atoms with Gasteiger partial charge in [-0.3, -0.25) is 0 Å². The van der Waals surface area contributed by atoms with E-state index in [9.17, 15) is 4.79 Å². The minimum absolute atomic E-state index is 0.333. The van der Waals surface area contributed by atoms with E-state index in [1.54, 1.807) is 19.9 Å². The van der Waals surface area contributed by atoms with Crippen LogP contribution in [0.2, 0.25) is 5.02 Å². The van der Waals surface area contributed by atoms with Gasteiger partial charge in [0.1, 0.15) is 5.75 Å². The van der Waals surface area contributed by atoms with Gasteiger partial charge in [0.15, 0.2) is 6.10 Å². The van der Waals surface area contributed by atoms with Gasteiger partial charge >= 0.3 is 5.97 Å². The Hall–Kier alpha value is -0.740. The summed E-state index contributed by atoms with van der Waals surface area (Å²) in [7, 11) is 0. The van der Waals surface area contributed by atoms with Gasteiger partial charge in [-0.1, -0.05) is 27.5 Å². The molecule has 1 aromatic carbocycles. The predicted molar refractivity (Wildman–Crippen MR) is 70.6 cm³/mol. The van der Waals surface area contributed by atoms with Gasteiger partial charge in [0.25, 0.3) is 0 Å². The smallest absolute Gasteiger partial charge is 0.347 e. The lowest BCUT2D eigenvalue weighted by Gasteiger charge is -2.16. The Labute approximate surface area is 114 Å². The summed E-state index contributed by atoms with van der Waals surface area (Å²) in [4.78, 5) is 11.4. The first-order valence-electron chi connectivity index (χ1n) is 5.24. The summed E-state index contributed by atoms with van der Waals surface area (Å²) < 4.78 is 11.3. The largest absolute Gasteiger partial charge is 0.477 e. The number of esters is 1. The maximum atomic E-state index is 11.4. The van der Waals surface area contributed by atoms with Crippen molar-refractivity contribution in [3.8, 4) is 5.75 Å². The molecule has 94 valence electrons. The fraction of sp³-hybridized carbons (Fsp3) is 0.417. The number of carbonyl (C=O) groups is 1. The molecule has 0 N–H and O–H groups in total. The lowest BCUT2D eigenvalue weighted by atomic mass is 10.2. The summed E-state index contributed by atoms with van der Waals surface area (Å²) in [6, 6.07) is 3.60. The van der Waals surface area contributed by atoms with Crippen molar-refractivity contribution in [1.82, 2.24) is 0 Å². The maximum absolute atomic E-state index is 11.4. The minimum Gasteiger partial charge on any atom is -0.477 e. The summed E-state index contributed by atoms with van der Waals surface area (Å²) in [5.41, 5.74) is 0.862. The molecule has 1 aromatic rings. The van der Waals surface area contributed by atoms with Gasteiger partial charge in [0, 0.05) is 4.47 Å². The van der Waals surface area contributed by atoms with Crippen molar-refractivity contribution < 1.29 is 14.3 Å². The molecule has 0 bridgehead atoms. The number of benzene rings is 1. The van der Waals surface area contributed by atoms with Crippen LogP contribution in [0, 0.1) is 6.92 Å². The zero-order chi connectivity index (χ0) is 13.0.